The quantitative estimate of drug-likeness (QED) is 0.678. The first-order valence-electron chi connectivity index (χ1n) is 13.0. The molecule has 1 spiro atoms. The van der Waals surface area contributed by atoms with Gasteiger partial charge in [-0.1, -0.05) is 42.2 Å². The van der Waals surface area contributed by atoms with E-state index in [0.717, 1.165) is 48.1 Å². The third-order valence-electron chi connectivity index (χ3n) is 8.28. The molecule has 0 bridgehead atoms. The first-order chi connectivity index (χ1) is 17.0. The second-order valence-corrected chi connectivity index (χ2v) is 10.5. The van der Waals surface area contributed by atoms with Crippen molar-refractivity contribution in [3.05, 3.63) is 65.2 Å². The Balaban J connectivity index is 1.18. The van der Waals surface area contributed by atoms with Gasteiger partial charge in [-0.05, 0) is 87.8 Å². The number of benzene rings is 2. The molecule has 1 saturated carbocycles. The van der Waals surface area contributed by atoms with Gasteiger partial charge in [-0.3, -0.25) is 9.59 Å². The second-order valence-electron chi connectivity index (χ2n) is 10.5. The third-order valence-corrected chi connectivity index (χ3v) is 8.28. The molecule has 1 aliphatic carbocycles. The van der Waals surface area contributed by atoms with Gasteiger partial charge in [0.2, 0.25) is 11.8 Å². The number of likely N-dealkylation sites (tertiary alicyclic amines) is 1. The second kappa shape index (κ2) is 10.3. The van der Waals surface area contributed by atoms with Gasteiger partial charge in [0.15, 0.2) is 0 Å². The normalized spacial score (nSPS) is 19.5. The average molecular weight is 470 g/mol. The number of carbonyl (C=O) groups is 2. The van der Waals surface area contributed by atoms with Crippen LogP contribution in [-0.4, -0.2) is 43.4 Å². The van der Waals surface area contributed by atoms with Crippen molar-refractivity contribution < 1.29 is 9.59 Å². The van der Waals surface area contributed by atoms with Crippen molar-refractivity contribution >= 4 is 17.5 Å². The summed E-state index contributed by atoms with van der Waals surface area (Å²) >= 11 is 0. The van der Waals surface area contributed by atoms with Crippen LogP contribution < -0.4 is 10.2 Å². The van der Waals surface area contributed by atoms with E-state index in [0.29, 0.717) is 18.5 Å². The van der Waals surface area contributed by atoms with Gasteiger partial charge in [0.25, 0.3) is 0 Å². The first-order valence-corrected chi connectivity index (χ1v) is 13.0. The van der Waals surface area contributed by atoms with Crippen molar-refractivity contribution in [3.8, 4) is 11.8 Å². The number of fused-ring (bicyclic) bond motifs is 2. The maximum absolute atomic E-state index is 13.3. The number of anilines is 1. The van der Waals surface area contributed by atoms with Crippen LogP contribution >= 0.6 is 0 Å². The molecule has 5 heteroatoms. The summed E-state index contributed by atoms with van der Waals surface area (Å²) < 4.78 is 0. The fraction of sp³-hybridized carbons (Fsp3) is 0.467. The van der Waals surface area contributed by atoms with Crippen molar-refractivity contribution in [2.75, 3.05) is 31.6 Å². The minimum absolute atomic E-state index is 0.00479. The van der Waals surface area contributed by atoms with E-state index in [1.165, 1.54) is 25.9 Å². The topological polar surface area (TPSA) is 52.7 Å². The Labute approximate surface area is 208 Å². The predicted octanol–water partition coefficient (Wildman–Crippen LogP) is 4.34. The zero-order valence-corrected chi connectivity index (χ0v) is 20.7. The van der Waals surface area contributed by atoms with Gasteiger partial charge < -0.3 is 15.1 Å². The number of rotatable bonds is 4. The minimum Gasteiger partial charge on any atom is -0.355 e. The van der Waals surface area contributed by atoms with E-state index in [1.54, 1.807) is 0 Å². The molecule has 0 radical (unpaired) electrons. The summed E-state index contributed by atoms with van der Waals surface area (Å²) in [6.45, 7) is 3.20. The molecule has 0 atom stereocenters. The zero-order chi connectivity index (χ0) is 24.3. The van der Waals surface area contributed by atoms with Gasteiger partial charge >= 0.3 is 0 Å². The van der Waals surface area contributed by atoms with Crippen LogP contribution in [0.2, 0.25) is 0 Å². The van der Waals surface area contributed by atoms with Crippen LogP contribution in [0, 0.1) is 23.2 Å². The molecule has 1 N–H and O–H groups in total. The molecule has 2 aromatic carbocycles. The van der Waals surface area contributed by atoms with Gasteiger partial charge in [0.1, 0.15) is 0 Å². The Morgan fingerprint density at radius 1 is 0.943 bits per heavy atom. The summed E-state index contributed by atoms with van der Waals surface area (Å²) in [4.78, 5) is 30.5. The largest absolute Gasteiger partial charge is 0.355 e. The first kappa shape index (κ1) is 23.6. The highest BCUT2D eigenvalue weighted by Gasteiger charge is 2.39. The smallest absolute Gasteiger partial charge is 0.229 e. The number of amides is 2. The van der Waals surface area contributed by atoms with Crippen molar-refractivity contribution in [1.82, 2.24) is 10.2 Å². The molecule has 0 unspecified atom stereocenters. The van der Waals surface area contributed by atoms with Crippen LogP contribution in [0.5, 0.6) is 0 Å². The Morgan fingerprint density at radius 3 is 2.37 bits per heavy atom. The SMILES string of the molecule is CN1CCC2(CCC(C(=O)NCCC(=O)N3Cc4ccccc4C#Cc4ccccc43)CC2)CC1. The minimum atomic E-state index is 0.00479. The van der Waals surface area contributed by atoms with Crippen LogP contribution in [0.15, 0.2) is 48.5 Å². The summed E-state index contributed by atoms with van der Waals surface area (Å²) in [5.41, 5.74) is 4.13. The Hall–Kier alpha value is -3.10. The highest BCUT2D eigenvalue weighted by atomic mass is 16.2. The monoisotopic (exact) mass is 469 g/mol. The van der Waals surface area contributed by atoms with Crippen LogP contribution in [0.25, 0.3) is 0 Å². The highest BCUT2D eigenvalue weighted by molar-refractivity contribution is 5.95. The Kier molecular flexibility index (Phi) is 6.92. The Bertz CT molecular complexity index is 1140. The molecule has 0 aromatic heterocycles. The van der Waals surface area contributed by atoms with Gasteiger partial charge in [-0.25, -0.2) is 0 Å². The van der Waals surface area contributed by atoms with E-state index in [2.05, 4.69) is 29.1 Å². The van der Waals surface area contributed by atoms with E-state index in [4.69, 9.17) is 0 Å². The molecule has 3 aliphatic rings. The molecule has 35 heavy (non-hydrogen) atoms. The van der Waals surface area contributed by atoms with Crippen LogP contribution in [0.4, 0.5) is 5.69 Å². The predicted molar refractivity (Wildman–Crippen MR) is 139 cm³/mol. The highest BCUT2D eigenvalue weighted by Crippen LogP contribution is 2.46. The van der Waals surface area contributed by atoms with Crippen molar-refractivity contribution in [2.24, 2.45) is 11.3 Å². The zero-order valence-electron chi connectivity index (χ0n) is 20.7. The standard InChI is InChI=1S/C30H35N3O2/c1-32-20-17-30(18-21-32)15-12-25(13-16-30)29(35)31-19-14-28(34)33-22-26-8-3-2-6-23(26)10-11-24-7-4-5-9-27(24)33/h2-9,25H,12-22H2,1H3,(H,31,35). The van der Waals surface area contributed by atoms with Crippen molar-refractivity contribution in [2.45, 2.75) is 51.5 Å². The molecule has 2 fully saturated rings. The van der Waals surface area contributed by atoms with E-state index >= 15 is 0 Å². The lowest BCUT2D eigenvalue weighted by Gasteiger charge is -2.45. The van der Waals surface area contributed by atoms with E-state index in [1.807, 2.05) is 53.4 Å². The van der Waals surface area contributed by atoms with E-state index in [9.17, 15) is 9.59 Å². The third kappa shape index (κ3) is 5.28. The molecule has 2 amide bonds. The lowest BCUT2D eigenvalue weighted by molar-refractivity contribution is -0.127. The molecule has 182 valence electrons. The van der Waals surface area contributed by atoms with Crippen molar-refractivity contribution in [1.29, 1.82) is 0 Å². The number of hydrogen-bond acceptors (Lipinski definition) is 3. The number of piperidine rings is 1. The number of nitrogens with zero attached hydrogens (tertiary/aromatic N) is 2. The summed E-state index contributed by atoms with van der Waals surface area (Å²) in [6.07, 6.45) is 7.05. The van der Waals surface area contributed by atoms with Gasteiger partial charge in [-0.2, -0.15) is 0 Å². The van der Waals surface area contributed by atoms with Crippen LogP contribution in [-0.2, 0) is 16.1 Å². The molecule has 1 saturated heterocycles. The fourth-order valence-electron chi connectivity index (χ4n) is 5.86. The summed E-state index contributed by atoms with van der Waals surface area (Å²) in [6, 6.07) is 15.8. The summed E-state index contributed by atoms with van der Waals surface area (Å²) in [7, 11) is 2.20. The molecule has 2 heterocycles. The van der Waals surface area contributed by atoms with Crippen LogP contribution in [0.1, 0.15) is 61.6 Å². The fourth-order valence-corrected chi connectivity index (χ4v) is 5.86. The summed E-state index contributed by atoms with van der Waals surface area (Å²) in [5, 5.41) is 3.07. The average Bonchev–Trinajstić information content (AvgIpc) is 2.87. The maximum Gasteiger partial charge on any atom is 0.229 e. The number of carbonyl (C=O) groups excluding carboxylic acids is 2. The molecule has 5 nitrogen and oxygen atoms in total. The molecule has 2 aromatic rings. The number of para-hydroxylation sites is 1. The lowest BCUT2D eigenvalue weighted by Crippen LogP contribution is -2.43. The van der Waals surface area contributed by atoms with Crippen LogP contribution in [0.3, 0.4) is 0 Å². The molecular weight excluding hydrogens is 434 g/mol. The molecule has 2 aliphatic heterocycles. The van der Waals surface area contributed by atoms with Gasteiger partial charge in [0.05, 0.1) is 12.2 Å². The Morgan fingerprint density at radius 2 is 1.60 bits per heavy atom. The number of nitrogens with one attached hydrogen (secondary N) is 1. The van der Waals surface area contributed by atoms with Gasteiger partial charge in [0, 0.05) is 30.0 Å². The maximum atomic E-state index is 13.3. The van der Waals surface area contributed by atoms with E-state index in [-0.39, 0.29) is 24.2 Å². The lowest BCUT2D eigenvalue weighted by atomic mass is 9.65. The summed E-state index contributed by atoms with van der Waals surface area (Å²) in [5.74, 6) is 6.69. The van der Waals surface area contributed by atoms with Crippen molar-refractivity contribution in [3.63, 3.8) is 0 Å². The number of hydrogen-bond donors (Lipinski definition) is 1. The van der Waals surface area contributed by atoms with Gasteiger partial charge in [-0.15, -0.1) is 0 Å². The molecular formula is C30H35N3O2. The van der Waals surface area contributed by atoms with E-state index < -0.39 is 0 Å². The molecule has 5 rings (SSSR count).